The van der Waals surface area contributed by atoms with Gasteiger partial charge in [-0.15, -0.1) is 0 Å². The summed E-state index contributed by atoms with van der Waals surface area (Å²) in [5, 5.41) is 16.9. The van der Waals surface area contributed by atoms with Crippen molar-refractivity contribution in [2.45, 2.75) is 44.1 Å². The van der Waals surface area contributed by atoms with E-state index >= 15 is 0 Å². The monoisotopic (exact) mass is 531 g/mol. The molecule has 2 aliphatic heterocycles. The van der Waals surface area contributed by atoms with Gasteiger partial charge in [0.25, 0.3) is 17.7 Å². The van der Waals surface area contributed by atoms with E-state index in [-0.39, 0.29) is 44.1 Å². The van der Waals surface area contributed by atoms with Gasteiger partial charge in [0, 0.05) is 24.2 Å². The Labute approximate surface area is 216 Å². The summed E-state index contributed by atoms with van der Waals surface area (Å²) in [6.07, 6.45) is -0.203. The van der Waals surface area contributed by atoms with E-state index in [4.69, 9.17) is 5.73 Å². The van der Waals surface area contributed by atoms with Crippen molar-refractivity contribution in [1.29, 1.82) is 0 Å². The number of amides is 2. The number of likely N-dealkylation sites (tertiary alicyclic amines) is 2. The molecule has 0 aliphatic carbocycles. The Hall–Kier alpha value is -3.71. The first-order valence-corrected chi connectivity index (χ1v) is 12.1. The highest BCUT2D eigenvalue weighted by Gasteiger charge is 2.44. The summed E-state index contributed by atoms with van der Waals surface area (Å²) in [7, 11) is 0. The number of carbonyl (C=O) groups is 2. The Kier molecular flexibility index (Phi) is 6.30. The number of rotatable bonds is 6. The lowest BCUT2D eigenvalue weighted by molar-refractivity contribution is -0.146. The first-order valence-electron chi connectivity index (χ1n) is 12.1. The van der Waals surface area contributed by atoms with Crippen molar-refractivity contribution in [3.8, 4) is 11.3 Å². The molecule has 13 heteroatoms. The first kappa shape index (κ1) is 25.9. The Bertz CT molecular complexity index is 1400. The summed E-state index contributed by atoms with van der Waals surface area (Å²) in [4.78, 5) is 32.1. The molecule has 10 nitrogen and oxygen atoms in total. The maximum absolute atomic E-state index is 14.6. The number of nitrogen functional groups attached to an aromatic ring is 1. The van der Waals surface area contributed by atoms with Gasteiger partial charge in [-0.25, -0.2) is 22.7 Å². The minimum Gasteiger partial charge on any atom is -0.382 e. The molecule has 5 rings (SSSR count). The zero-order chi connectivity index (χ0) is 27.4. The largest absolute Gasteiger partial charge is 0.382 e. The zero-order valence-corrected chi connectivity index (χ0v) is 20.9. The summed E-state index contributed by atoms with van der Waals surface area (Å²) in [6.45, 7) is 1.90. The molecule has 4 heterocycles. The van der Waals surface area contributed by atoms with Crippen LogP contribution >= 0.6 is 0 Å². The summed E-state index contributed by atoms with van der Waals surface area (Å²) < 4.78 is 42.9. The van der Waals surface area contributed by atoms with Crippen molar-refractivity contribution < 1.29 is 27.9 Å². The summed E-state index contributed by atoms with van der Waals surface area (Å²) in [6, 6.07) is 7.45. The van der Waals surface area contributed by atoms with Crippen LogP contribution in [0, 0.1) is 0 Å². The van der Waals surface area contributed by atoms with Gasteiger partial charge in [0.05, 0.1) is 31.4 Å². The number of halogens is 3. The van der Waals surface area contributed by atoms with E-state index in [0.29, 0.717) is 22.3 Å². The number of hydrogen-bond acceptors (Lipinski definition) is 7. The lowest BCUT2D eigenvalue weighted by Gasteiger charge is -2.38. The van der Waals surface area contributed by atoms with Gasteiger partial charge < -0.3 is 21.1 Å². The van der Waals surface area contributed by atoms with Crippen molar-refractivity contribution in [1.82, 2.24) is 29.7 Å². The number of nitrogens with zero attached hydrogens (tertiary/aromatic N) is 5. The van der Waals surface area contributed by atoms with Crippen molar-refractivity contribution in [3.05, 3.63) is 47.8 Å². The fraction of sp³-hybridized carbons (Fsp3) is 0.440. The van der Waals surface area contributed by atoms with Crippen LogP contribution in [-0.2, 0) is 11.3 Å². The predicted octanol–water partition coefficient (Wildman–Crippen LogP) is 1.48. The molecule has 0 spiro atoms. The minimum atomic E-state index is -2.71. The van der Waals surface area contributed by atoms with Gasteiger partial charge in [-0.05, 0) is 37.6 Å². The first-order chi connectivity index (χ1) is 17.8. The molecule has 38 heavy (non-hydrogen) atoms. The molecule has 2 saturated heterocycles. The number of aromatic nitrogens is 3. The van der Waals surface area contributed by atoms with Gasteiger partial charge in [-0.2, -0.15) is 5.10 Å². The molecule has 2 atom stereocenters. The highest BCUT2D eigenvalue weighted by molar-refractivity contribution is 5.96. The second kappa shape index (κ2) is 9.24. The zero-order valence-electron chi connectivity index (χ0n) is 20.9. The van der Waals surface area contributed by atoms with Gasteiger partial charge in [0.2, 0.25) is 0 Å². The van der Waals surface area contributed by atoms with E-state index in [1.165, 1.54) is 25.1 Å². The molecule has 4 N–H and O–H groups in total. The molecule has 0 radical (unpaired) electrons. The second-order valence-corrected chi connectivity index (χ2v) is 10.4. The Morgan fingerprint density at radius 1 is 1.24 bits per heavy atom. The average Bonchev–Trinajstić information content (AvgIpc) is 3.38. The Morgan fingerprint density at radius 3 is 2.66 bits per heavy atom. The SMILES string of the molecule is CC(C)(O)C(=O)N1C[C@H](F)[C@H](NC(=O)c2cccc(-c3cc(CN4CC(F)(F)C4)c4c(N)ncnn34)c2)C1. The van der Waals surface area contributed by atoms with Gasteiger partial charge in [-0.3, -0.25) is 14.5 Å². The highest BCUT2D eigenvalue weighted by atomic mass is 19.3. The summed E-state index contributed by atoms with van der Waals surface area (Å²) in [5.41, 5.74) is 7.06. The summed E-state index contributed by atoms with van der Waals surface area (Å²) in [5.74, 6) is -3.66. The number of nitrogens with two attached hydrogens (primary N) is 1. The van der Waals surface area contributed by atoms with Crippen LogP contribution in [-0.4, -0.2) is 91.2 Å². The minimum absolute atomic E-state index is 0.0616. The molecule has 0 bridgehead atoms. The average molecular weight is 532 g/mol. The van der Waals surface area contributed by atoms with Crippen LogP contribution in [0.15, 0.2) is 36.7 Å². The van der Waals surface area contributed by atoms with E-state index in [9.17, 15) is 27.9 Å². The van der Waals surface area contributed by atoms with Crippen LogP contribution in [0.4, 0.5) is 19.0 Å². The number of fused-ring (bicyclic) bond motifs is 1. The lowest BCUT2D eigenvalue weighted by atomic mass is 10.1. The van der Waals surface area contributed by atoms with Crippen molar-refractivity contribution in [2.75, 3.05) is 31.9 Å². The van der Waals surface area contributed by atoms with Gasteiger partial charge in [-0.1, -0.05) is 12.1 Å². The number of carbonyl (C=O) groups excluding carboxylic acids is 2. The van der Waals surface area contributed by atoms with Crippen LogP contribution in [0.2, 0.25) is 0 Å². The molecule has 0 saturated carbocycles. The van der Waals surface area contributed by atoms with Crippen LogP contribution < -0.4 is 11.1 Å². The molecule has 202 valence electrons. The second-order valence-electron chi connectivity index (χ2n) is 10.4. The van der Waals surface area contributed by atoms with Crippen LogP contribution in [0.5, 0.6) is 0 Å². The topological polar surface area (TPSA) is 129 Å². The third-order valence-electron chi connectivity index (χ3n) is 6.76. The number of alkyl halides is 3. The van der Waals surface area contributed by atoms with Gasteiger partial charge >= 0.3 is 0 Å². The Morgan fingerprint density at radius 2 is 1.97 bits per heavy atom. The van der Waals surface area contributed by atoms with E-state index in [1.54, 1.807) is 39.7 Å². The van der Waals surface area contributed by atoms with Crippen molar-refractivity contribution in [3.63, 3.8) is 0 Å². The number of hydrogen-bond donors (Lipinski definition) is 3. The maximum Gasteiger partial charge on any atom is 0.272 e. The van der Waals surface area contributed by atoms with E-state index in [0.717, 1.165) is 0 Å². The van der Waals surface area contributed by atoms with Crippen LogP contribution in [0.25, 0.3) is 16.8 Å². The molecular weight excluding hydrogens is 503 g/mol. The molecule has 2 aliphatic rings. The van der Waals surface area contributed by atoms with Crippen molar-refractivity contribution in [2.24, 2.45) is 0 Å². The van der Waals surface area contributed by atoms with Crippen molar-refractivity contribution >= 4 is 23.1 Å². The Balaban J connectivity index is 1.37. The van der Waals surface area contributed by atoms with E-state index < -0.39 is 35.6 Å². The number of anilines is 1. The maximum atomic E-state index is 14.6. The quantitative estimate of drug-likeness (QED) is 0.440. The van der Waals surface area contributed by atoms with Gasteiger partial charge in [0.15, 0.2) is 5.82 Å². The van der Waals surface area contributed by atoms with E-state index in [2.05, 4.69) is 15.4 Å². The third-order valence-corrected chi connectivity index (χ3v) is 6.76. The number of aliphatic hydroxyl groups is 1. The molecular formula is C25H28F3N7O3. The number of benzene rings is 1. The fourth-order valence-corrected chi connectivity index (χ4v) is 4.96. The molecule has 3 aromatic rings. The highest BCUT2D eigenvalue weighted by Crippen LogP contribution is 2.33. The molecule has 2 aromatic heterocycles. The molecule has 1 aromatic carbocycles. The summed E-state index contributed by atoms with van der Waals surface area (Å²) >= 11 is 0. The van der Waals surface area contributed by atoms with Crippen LogP contribution in [0.3, 0.4) is 0 Å². The third kappa shape index (κ3) is 4.90. The molecule has 2 fully saturated rings. The smallest absolute Gasteiger partial charge is 0.272 e. The standard InChI is InChI=1S/C25H28F3N7O3/c1-24(2,38)23(37)34-9-17(26)18(10-34)32-22(36)15-5-3-4-14(6-15)19-7-16(8-33-11-25(27,28)12-33)20-21(29)30-13-31-35(19)20/h3-7,13,17-18,38H,8-12H2,1-2H3,(H,32,36)(H2,29,30,31)/t17-,18+/m0/s1. The predicted molar refractivity (Wildman–Crippen MR) is 132 cm³/mol. The van der Waals surface area contributed by atoms with Gasteiger partial charge in [0.1, 0.15) is 23.6 Å². The normalized spacial score (nSPS) is 21.5. The number of nitrogens with one attached hydrogen (secondary N) is 1. The molecule has 2 amide bonds. The molecule has 0 unspecified atom stereocenters. The van der Waals surface area contributed by atoms with E-state index in [1.807, 2.05) is 0 Å². The lowest BCUT2D eigenvalue weighted by Crippen LogP contribution is -2.55. The van der Waals surface area contributed by atoms with Crippen LogP contribution in [0.1, 0.15) is 29.8 Å². The fourth-order valence-electron chi connectivity index (χ4n) is 4.96.